The van der Waals surface area contributed by atoms with E-state index in [-0.39, 0.29) is 18.0 Å². The molecule has 2 atom stereocenters. The molecule has 0 aromatic heterocycles. The Morgan fingerprint density at radius 3 is 3.00 bits per heavy atom. The minimum atomic E-state index is -0.229. The summed E-state index contributed by atoms with van der Waals surface area (Å²) in [7, 11) is 0. The molecule has 2 aromatic carbocycles. The van der Waals surface area contributed by atoms with E-state index in [1.165, 1.54) is 23.3 Å². The molecule has 0 saturated heterocycles. The smallest absolute Gasteiger partial charge is 0.144 e. The molecule has 0 fully saturated rings. The average molecular weight is 269 g/mol. The molecule has 0 bridgehead atoms. The van der Waals surface area contributed by atoms with Crippen LogP contribution in [0, 0.1) is 5.82 Å². The Balaban J connectivity index is 1.78. The first-order valence-corrected chi connectivity index (χ1v) is 7.12. The second kappa shape index (κ2) is 4.51. The number of halogens is 1. The van der Waals surface area contributed by atoms with Crippen molar-refractivity contribution in [3.8, 4) is 5.75 Å². The summed E-state index contributed by atoms with van der Waals surface area (Å²) in [5, 5.41) is 3.46. The Bertz CT molecular complexity index is 655. The fraction of sp³-hybridized carbons (Fsp3) is 0.294. The summed E-state index contributed by atoms with van der Waals surface area (Å²) in [6.07, 6.45) is 3.26. The highest BCUT2D eigenvalue weighted by Gasteiger charge is 2.33. The maximum absolute atomic E-state index is 13.3. The van der Waals surface area contributed by atoms with Crippen molar-refractivity contribution in [2.75, 3.05) is 5.32 Å². The van der Waals surface area contributed by atoms with Gasteiger partial charge in [0.05, 0.1) is 11.7 Å². The lowest BCUT2D eigenvalue weighted by atomic mass is 9.97. The highest BCUT2D eigenvalue weighted by atomic mass is 19.1. The van der Waals surface area contributed by atoms with E-state index in [1.807, 2.05) is 0 Å². The fourth-order valence-electron chi connectivity index (χ4n) is 3.27. The predicted octanol–water partition coefficient (Wildman–Crippen LogP) is 4.08. The molecule has 0 spiro atoms. The van der Waals surface area contributed by atoms with Gasteiger partial charge in [-0.3, -0.25) is 0 Å². The van der Waals surface area contributed by atoms with Crippen molar-refractivity contribution in [2.45, 2.75) is 31.4 Å². The van der Waals surface area contributed by atoms with Gasteiger partial charge >= 0.3 is 0 Å². The lowest BCUT2D eigenvalue weighted by Gasteiger charge is -2.34. The van der Waals surface area contributed by atoms with Crippen LogP contribution < -0.4 is 10.1 Å². The molecule has 4 rings (SSSR count). The normalized spacial score (nSPS) is 23.4. The van der Waals surface area contributed by atoms with E-state index in [2.05, 4.69) is 29.6 Å². The van der Waals surface area contributed by atoms with Gasteiger partial charge < -0.3 is 10.1 Å². The molecule has 3 heteroatoms. The van der Waals surface area contributed by atoms with Crippen LogP contribution in [0.5, 0.6) is 5.75 Å². The van der Waals surface area contributed by atoms with Gasteiger partial charge in [-0.05, 0) is 42.5 Å². The molecule has 102 valence electrons. The predicted molar refractivity (Wildman–Crippen MR) is 76.6 cm³/mol. The molecular weight excluding hydrogens is 253 g/mol. The number of hydrogen-bond acceptors (Lipinski definition) is 2. The number of ether oxygens (including phenoxy) is 1. The van der Waals surface area contributed by atoms with Crippen molar-refractivity contribution in [3.63, 3.8) is 0 Å². The zero-order chi connectivity index (χ0) is 13.5. The summed E-state index contributed by atoms with van der Waals surface area (Å²) in [5.41, 5.74) is 3.40. The molecule has 2 aliphatic rings. The average Bonchev–Trinajstić information content (AvgIpc) is 2.64. The minimum Gasteiger partial charge on any atom is -0.481 e. The summed E-state index contributed by atoms with van der Waals surface area (Å²) in [6, 6.07) is 13.4. The van der Waals surface area contributed by atoms with E-state index in [9.17, 15) is 4.39 Å². The number of aryl methyl sites for hydroxylation is 1. The SMILES string of the molecule is Fc1ccc2c(c1)NC1CCCc3ccccc3C1O2. The third kappa shape index (κ3) is 1.85. The largest absolute Gasteiger partial charge is 0.481 e. The van der Waals surface area contributed by atoms with Gasteiger partial charge in [-0.2, -0.15) is 0 Å². The molecule has 1 heterocycles. The van der Waals surface area contributed by atoms with Crippen molar-refractivity contribution in [1.29, 1.82) is 0 Å². The Labute approximate surface area is 117 Å². The first-order valence-electron chi connectivity index (χ1n) is 7.12. The first kappa shape index (κ1) is 11.8. The van der Waals surface area contributed by atoms with Crippen molar-refractivity contribution in [2.24, 2.45) is 0 Å². The standard InChI is InChI=1S/C17H16FNO/c18-12-8-9-16-15(10-12)19-14-7-3-5-11-4-1-2-6-13(11)17(14)20-16/h1-2,4,6,8-10,14,17,19H,3,5,7H2. The van der Waals surface area contributed by atoms with Crippen LogP contribution in [0.25, 0.3) is 0 Å². The molecule has 2 nitrogen and oxygen atoms in total. The third-order valence-corrected chi connectivity index (χ3v) is 4.22. The molecule has 2 aromatic rings. The van der Waals surface area contributed by atoms with Crippen LogP contribution in [0.15, 0.2) is 42.5 Å². The molecule has 1 aliphatic carbocycles. The van der Waals surface area contributed by atoms with E-state index in [0.29, 0.717) is 0 Å². The van der Waals surface area contributed by atoms with E-state index >= 15 is 0 Å². The minimum absolute atomic E-state index is 0.0201. The first-order chi connectivity index (χ1) is 9.81. The second-order valence-corrected chi connectivity index (χ2v) is 5.52. The maximum atomic E-state index is 13.3. The summed E-state index contributed by atoms with van der Waals surface area (Å²) < 4.78 is 19.5. The van der Waals surface area contributed by atoms with Crippen molar-refractivity contribution in [3.05, 3.63) is 59.4 Å². The van der Waals surface area contributed by atoms with Crippen molar-refractivity contribution in [1.82, 2.24) is 0 Å². The highest BCUT2D eigenvalue weighted by molar-refractivity contribution is 5.59. The van der Waals surface area contributed by atoms with Gasteiger partial charge in [0.2, 0.25) is 0 Å². The quantitative estimate of drug-likeness (QED) is 0.778. The lowest BCUT2D eigenvalue weighted by Crippen LogP contribution is -2.34. The third-order valence-electron chi connectivity index (χ3n) is 4.22. The van der Waals surface area contributed by atoms with Crippen LogP contribution >= 0.6 is 0 Å². The summed E-state index contributed by atoms with van der Waals surface area (Å²) in [5.74, 6) is 0.511. The molecule has 1 N–H and O–H groups in total. The molecular formula is C17H16FNO. The fourth-order valence-corrected chi connectivity index (χ4v) is 3.27. The molecule has 0 radical (unpaired) electrons. The van der Waals surface area contributed by atoms with Gasteiger partial charge in [0, 0.05) is 6.07 Å². The van der Waals surface area contributed by atoms with Gasteiger partial charge in [-0.15, -0.1) is 0 Å². The maximum Gasteiger partial charge on any atom is 0.144 e. The van der Waals surface area contributed by atoms with Crippen LogP contribution in [0.4, 0.5) is 10.1 Å². The summed E-state index contributed by atoms with van der Waals surface area (Å²) in [4.78, 5) is 0. The van der Waals surface area contributed by atoms with Gasteiger partial charge in [0.1, 0.15) is 17.7 Å². The van der Waals surface area contributed by atoms with Gasteiger partial charge in [0.15, 0.2) is 0 Å². The highest BCUT2D eigenvalue weighted by Crippen LogP contribution is 2.41. The van der Waals surface area contributed by atoms with E-state index in [1.54, 1.807) is 6.07 Å². The number of benzene rings is 2. The Kier molecular flexibility index (Phi) is 2.66. The van der Waals surface area contributed by atoms with Gasteiger partial charge in [-0.1, -0.05) is 24.3 Å². The van der Waals surface area contributed by atoms with Crippen LogP contribution in [0.3, 0.4) is 0 Å². The summed E-state index contributed by atoms with van der Waals surface area (Å²) >= 11 is 0. The number of fused-ring (bicyclic) bond motifs is 4. The topological polar surface area (TPSA) is 21.3 Å². The molecule has 20 heavy (non-hydrogen) atoms. The van der Waals surface area contributed by atoms with Crippen LogP contribution in [0.1, 0.15) is 30.1 Å². The van der Waals surface area contributed by atoms with E-state index < -0.39 is 0 Å². The van der Waals surface area contributed by atoms with Gasteiger partial charge in [-0.25, -0.2) is 4.39 Å². The number of rotatable bonds is 0. The van der Waals surface area contributed by atoms with Crippen molar-refractivity contribution >= 4 is 5.69 Å². The number of nitrogens with one attached hydrogen (secondary N) is 1. The Hall–Kier alpha value is -2.03. The molecule has 2 unspecified atom stereocenters. The molecule has 1 aliphatic heterocycles. The van der Waals surface area contributed by atoms with Crippen LogP contribution in [0.2, 0.25) is 0 Å². The Morgan fingerprint density at radius 1 is 1.15 bits per heavy atom. The lowest BCUT2D eigenvalue weighted by molar-refractivity contribution is 0.168. The zero-order valence-electron chi connectivity index (χ0n) is 11.1. The summed E-state index contributed by atoms with van der Waals surface area (Å²) in [6.45, 7) is 0. The van der Waals surface area contributed by atoms with E-state index in [0.717, 1.165) is 30.7 Å². The Morgan fingerprint density at radius 2 is 2.05 bits per heavy atom. The molecule has 0 amide bonds. The second-order valence-electron chi connectivity index (χ2n) is 5.52. The monoisotopic (exact) mass is 269 g/mol. The number of hydrogen-bond donors (Lipinski definition) is 1. The molecule has 0 saturated carbocycles. The number of anilines is 1. The van der Waals surface area contributed by atoms with Crippen LogP contribution in [-0.4, -0.2) is 6.04 Å². The van der Waals surface area contributed by atoms with Crippen LogP contribution in [-0.2, 0) is 6.42 Å². The van der Waals surface area contributed by atoms with E-state index in [4.69, 9.17) is 4.74 Å². The van der Waals surface area contributed by atoms with Gasteiger partial charge in [0.25, 0.3) is 0 Å². The zero-order valence-corrected chi connectivity index (χ0v) is 11.1. The van der Waals surface area contributed by atoms with Crippen molar-refractivity contribution < 1.29 is 9.13 Å².